The minimum atomic E-state index is -0.139. The van der Waals surface area contributed by atoms with Crippen molar-refractivity contribution in [2.24, 2.45) is 0 Å². The average molecular weight is 341 g/mol. The second-order valence-corrected chi connectivity index (χ2v) is 6.13. The van der Waals surface area contributed by atoms with Gasteiger partial charge in [0, 0.05) is 11.4 Å². The Morgan fingerprint density at radius 1 is 1.29 bits per heavy atom. The molecule has 122 valence electrons. The zero-order chi connectivity index (χ0) is 18.1. The summed E-state index contributed by atoms with van der Waals surface area (Å²) in [6, 6.07) is 13.6. The molecule has 1 aliphatic rings. The molecular weight excluding hydrogens is 322 g/mol. The van der Waals surface area contributed by atoms with Crippen LogP contribution in [0.15, 0.2) is 48.2 Å². The van der Waals surface area contributed by atoms with Crippen molar-refractivity contribution < 1.29 is 6.21 Å². The van der Waals surface area contributed by atoms with Gasteiger partial charge in [0.1, 0.15) is 11.8 Å². The van der Waals surface area contributed by atoms with E-state index in [4.69, 9.17) is 23.1 Å². The van der Waals surface area contributed by atoms with E-state index in [-0.39, 0.29) is 6.04 Å². The summed E-state index contributed by atoms with van der Waals surface area (Å²) in [5.41, 5.74) is 4.08. The molecule has 2 aromatic rings. The van der Waals surface area contributed by atoms with E-state index in [1.165, 1.54) is 0 Å². The molecule has 1 aliphatic heterocycles. The van der Waals surface area contributed by atoms with Crippen LogP contribution in [0.2, 0.25) is 5.02 Å². The van der Waals surface area contributed by atoms with Gasteiger partial charge in [0.05, 0.1) is 23.7 Å². The normalized spacial score (nSPS) is 17.4. The second-order valence-electron chi connectivity index (χ2n) is 5.72. The third kappa shape index (κ3) is 3.17. The van der Waals surface area contributed by atoms with Gasteiger partial charge < -0.3 is 10.2 Å². The van der Waals surface area contributed by atoms with Crippen molar-refractivity contribution in [3.8, 4) is 6.07 Å². The smallest absolute Gasteiger partial charge is 0.127 e. The Morgan fingerprint density at radius 3 is 2.71 bits per heavy atom. The van der Waals surface area contributed by atoms with Gasteiger partial charge in [0.15, 0.2) is 0 Å². The zero-order valence-corrected chi connectivity index (χ0v) is 14.5. The number of hydrogen-bond donors (Lipinski definition) is 1. The lowest BCUT2D eigenvalue weighted by molar-refractivity contribution is 0.199. The van der Waals surface area contributed by atoms with Crippen LogP contribution >= 0.6 is 11.6 Å². The molecule has 1 unspecified atom stereocenters. The molecule has 0 aliphatic carbocycles. The van der Waals surface area contributed by atoms with Crippen molar-refractivity contribution in [2.75, 3.05) is 10.4 Å². The van der Waals surface area contributed by atoms with Crippen LogP contribution in [-0.2, 0) is 4.84 Å². The van der Waals surface area contributed by atoms with Crippen LogP contribution in [0.5, 0.6) is 0 Å². The summed E-state index contributed by atoms with van der Waals surface area (Å²) in [6.07, 6.45) is 0. The van der Waals surface area contributed by atoms with E-state index in [0.717, 1.165) is 22.6 Å². The Balaban J connectivity index is 1.88. The topological polar surface area (TPSA) is 48.3 Å². The molecule has 1 atom stereocenters. The summed E-state index contributed by atoms with van der Waals surface area (Å²) in [6.45, 7) is 5.74. The maximum absolute atomic E-state index is 8.97. The molecule has 0 aromatic heterocycles. The fraction of sp³-hybridized carbons (Fsp3) is 0.211. The average Bonchev–Trinajstić information content (AvgIpc) is 2.84. The first kappa shape index (κ1) is 14.9. The van der Waals surface area contributed by atoms with Crippen LogP contribution < -0.4 is 10.4 Å². The molecule has 0 saturated heterocycles. The molecule has 3 rings (SSSR count). The summed E-state index contributed by atoms with van der Waals surface area (Å²) < 4.78 is 8.02. The predicted molar refractivity (Wildman–Crippen MR) is 97.4 cm³/mol. The molecule has 0 saturated carbocycles. The number of benzene rings is 2. The molecule has 1 heterocycles. The summed E-state index contributed by atoms with van der Waals surface area (Å²) >= 11 is 6.10. The first-order valence-electron chi connectivity index (χ1n) is 8.12. The largest absolute Gasteiger partial charge is 0.384 e. The van der Waals surface area contributed by atoms with Gasteiger partial charge in [-0.05, 0) is 62.7 Å². The molecule has 24 heavy (non-hydrogen) atoms. The first-order chi connectivity index (χ1) is 11.9. The van der Waals surface area contributed by atoms with Gasteiger partial charge in [-0.25, -0.2) is 5.06 Å². The Hall–Kier alpha value is -2.64. The standard InChI is InChI=1S/C19H18ClN3O/c1-12-4-7-17(23-13(2)8-14(3)24-23)10-19(12)22-16-6-5-15(11-21)18(20)9-16/h4-10,13,22H,1-3H3/i8D. The van der Waals surface area contributed by atoms with Crippen molar-refractivity contribution in [2.45, 2.75) is 26.8 Å². The molecule has 0 radical (unpaired) electrons. The fourth-order valence-electron chi connectivity index (χ4n) is 2.60. The van der Waals surface area contributed by atoms with E-state index >= 15 is 0 Å². The number of anilines is 3. The lowest BCUT2D eigenvalue weighted by Crippen LogP contribution is -2.25. The highest BCUT2D eigenvalue weighted by Crippen LogP contribution is 2.31. The van der Waals surface area contributed by atoms with Crippen LogP contribution in [0.4, 0.5) is 17.1 Å². The van der Waals surface area contributed by atoms with Crippen LogP contribution in [0.25, 0.3) is 0 Å². The number of aryl methyl sites for hydroxylation is 1. The van der Waals surface area contributed by atoms with E-state index in [9.17, 15) is 0 Å². The highest BCUT2D eigenvalue weighted by Gasteiger charge is 2.22. The maximum atomic E-state index is 8.97. The lowest BCUT2D eigenvalue weighted by atomic mass is 10.1. The summed E-state index contributed by atoms with van der Waals surface area (Å²) in [7, 11) is 0. The molecule has 0 fully saturated rings. The van der Waals surface area contributed by atoms with Crippen LogP contribution in [0, 0.1) is 18.3 Å². The molecule has 4 nitrogen and oxygen atoms in total. The SMILES string of the molecule is [2H]C1=C(C)ON(c2ccc(C)c(Nc3ccc(C#N)c(Cl)c3)c2)C1C. The van der Waals surface area contributed by atoms with E-state index in [2.05, 4.69) is 11.4 Å². The van der Waals surface area contributed by atoms with Gasteiger partial charge >= 0.3 is 0 Å². The number of nitrogens with zero attached hydrogens (tertiary/aromatic N) is 2. The minimum absolute atomic E-state index is 0.139. The molecule has 5 heteroatoms. The number of hydroxylamine groups is 1. The molecule has 2 aromatic carbocycles. The quantitative estimate of drug-likeness (QED) is 0.822. The van der Waals surface area contributed by atoms with Crippen molar-refractivity contribution in [3.05, 3.63) is 64.4 Å². The third-order valence-electron chi connectivity index (χ3n) is 3.84. The maximum Gasteiger partial charge on any atom is 0.127 e. The van der Waals surface area contributed by atoms with Crippen LogP contribution in [0.3, 0.4) is 0 Å². The number of hydrogen-bond acceptors (Lipinski definition) is 4. The molecule has 0 amide bonds. The number of halogens is 1. The van der Waals surface area contributed by atoms with E-state index in [1.807, 2.05) is 38.1 Å². The summed E-state index contributed by atoms with van der Waals surface area (Å²) in [5.74, 6) is 0.612. The Kier molecular flexibility index (Phi) is 4.02. The first-order valence-corrected chi connectivity index (χ1v) is 8.00. The zero-order valence-electron chi connectivity index (χ0n) is 14.7. The van der Waals surface area contributed by atoms with Crippen molar-refractivity contribution in [1.82, 2.24) is 0 Å². The Morgan fingerprint density at radius 2 is 2.08 bits per heavy atom. The van der Waals surface area contributed by atoms with Crippen molar-refractivity contribution >= 4 is 28.7 Å². The predicted octanol–water partition coefficient (Wildman–Crippen LogP) is 5.31. The van der Waals surface area contributed by atoms with Crippen molar-refractivity contribution in [1.29, 1.82) is 5.26 Å². The molecular formula is C19H18ClN3O. The highest BCUT2D eigenvalue weighted by atomic mass is 35.5. The van der Waals surface area contributed by atoms with Gasteiger partial charge in [-0.3, -0.25) is 0 Å². The van der Waals surface area contributed by atoms with Crippen molar-refractivity contribution in [3.63, 3.8) is 0 Å². The van der Waals surface area contributed by atoms with Gasteiger partial charge in [0.25, 0.3) is 0 Å². The third-order valence-corrected chi connectivity index (χ3v) is 4.16. The highest BCUT2D eigenvalue weighted by molar-refractivity contribution is 6.32. The monoisotopic (exact) mass is 340 g/mol. The number of nitriles is 1. The van der Waals surface area contributed by atoms with Crippen LogP contribution in [-0.4, -0.2) is 6.04 Å². The van der Waals surface area contributed by atoms with E-state index in [0.29, 0.717) is 22.4 Å². The second kappa shape index (κ2) is 6.46. The Bertz CT molecular complexity index is 904. The molecule has 1 N–H and O–H groups in total. The van der Waals surface area contributed by atoms with Gasteiger partial charge in [-0.15, -0.1) is 0 Å². The minimum Gasteiger partial charge on any atom is -0.384 e. The van der Waals surface area contributed by atoms with Gasteiger partial charge in [-0.2, -0.15) is 5.26 Å². The number of allylic oxidation sites excluding steroid dienone is 1. The van der Waals surface area contributed by atoms with Gasteiger partial charge in [-0.1, -0.05) is 17.7 Å². The lowest BCUT2D eigenvalue weighted by Gasteiger charge is -2.23. The number of nitrogens with one attached hydrogen (secondary N) is 1. The summed E-state index contributed by atoms with van der Waals surface area (Å²) in [5, 5.41) is 14.4. The van der Waals surface area contributed by atoms with E-state index in [1.54, 1.807) is 24.1 Å². The van der Waals surface area contributed by atoms with Crippen LogP contribution in [0.1, 0.15) is 26.3 Å². The summed E-state index contributed by atoms with van der Waals surface area (Å²) in [4.78, 5) is 5.71. The number of rotatable bonds is 3. The molecule has 0 bridgehead atoms. The fourth-order valence-corrected chi connectivity index (χ4v) is 2.83. The molecule has 0 spiro atoms. The van der Waals surface area contributed by atoms with Gasteiger partial charge in [0.2, 0.25) is 0 Å². The van der Waals surface area contributed by atoms with E-state index < -0.39 is 0 Å². The Labute approximate surface area is 148 Å².